The topological polar surface area (TPSA) is 35.2 Å². The summed E-state index contributed by atoms with van der Waals surface area (Å²) in [4.78, 5) is 0.997. The minimum absolute atomic E-state index is 0.639. The summed E-state index contributed by atoms with van der Waals surface area (Å²) >= 11 is 7.77. The standard InChI is InChI=1S/C16H18ClNOS/c1-11-3-4-12(2)15(9-11)19-7-8-20-16-10-13(18)5-6-14(16)17/h3-6,9-10H,7-8,18H2,1-2H3. The summed E-state index contributed by atoms with van der Waals surface area (Å²) in [7, 11) is 0. The second kappa shape index (κ2) is 6.91. The summed E-state index contributed by atoms with van der Waals surface area (Å²) in [5.74, 6) is 1.78. The molecule has 0 heterocycles. The van der Waals surface area contributed by atoms with Crippen LogP contribution < -0.4 is 10.5 Å². The van der Waals surface area contributed by atoms with E-state index in [4.69, 9.17) is 22.1 Å². The lowest BCUT2D eigenvalue weighted by atomic mass is 10.1. The molecule has 2 N–H and O–H groups in total. The van der Waals surface area contributed by atoms with Crippen molar-refractivity contribution in [2.24, 2.45) is 0 Å². The summed E-state index contributed by atoms with van der Waals surface area (Å²) < 4.78 is 5.81. The van der Waals surface area contributed by atoms with Gasteiger partial charge in [-0.25, -0.2) is 0 Å². The van der Waals surface area contributed by atoms with E-state index in [1.54, 1.807) is 17.8 Å². The van der Waals surface area contributed by atoms with Crippen molar-refractivity contribution < 1.29 is 4.74 Å². The zero-order valence-corrected chi connectivity index (χ0v) is 13.2. The van der Waals surface area contributed by atoms with Gasteiger partial charge in [0.25, 0.3) is 0 Å². The second-order valence-corrected chi connectivity index (χ2v) is 6.20. The summed E-state index contributed by atoms with van der Waals surface area (Å²) in [5.41, 5.74) is 8.85. The third-order valence-electron chi connectivity index (χ3n) is 2.90. The van der Waals surface area contributed by atoms with Crippen molar-refractivity contribution in [3.05, 3.63) is 52.5 Å². The molecule has 0 bridgehead atoms. The van der Waals surface area contributed by atoms with Crippen LogP contribution in [-0.2, 0) is 0 Å². The first-order valence-corrected chi connectivity index (χ1v) is 7.80. The van der Waals surface area contributed by atoms with Crippen molar-refractivity contribution in [2.75, 3.05) is 18.1 Å². The van der Waals surface area contributed by atoms with Crippen LogP contribution in [0.15, 0.2) is 41.3 Å². The third kappa shape index (κ3) is 4.09. The average molecular weight is 308 g/mol. The number of hydrogen-bond donors (Lipinski definition) is 1. The maximum Gasteiger partial charge on any atom is 0.122 e. The fraction of sp³-hybridized carbons (Fsp3) is 0.250. The maximum absolute atomic E-state index is 6.12. The van der Waals surface area contributed by atoms with Gasteiger partial charge in [-0.15, -0.1) is 11.8 Å². The molecule has 2 rings (SSSR count). The Hall–Kier alpha value is -1.32. The van der Waals surface area contributed by atoms with Gasteiger partial charge in [0.1, 0.15) is 5.75 Å². The molecule has 0 saturated heterocycles. The van der Waals surface area contributed by atoms with E-state index >= 15 is 0 Å². The van der Waals surface area contributed by atoms with Crippen LogP contribution in [0.25, 0.3) is 0 Å². The van der Waals surface area contributed by atoms with E-state index < -0.39 is 0 Å². The normalized spacial score (nSPS) is 10.6. The fourth-order valence-corrected chi connectivity index (χ4v) is 2.89. The molecule has 0 aliphatic heterocycles. The highest BCUT2D eigenvalue weighted by Crippen LogP contribution is 2.29. The molecule has 0 saturated carbocycles. The van der Waals surface area contributed by atoms with Gasteiger partial charge in [-0.05, 0) is 49.2 Å². The van der Waals surface area contributed by atoms with Gasteiger partial charge in [0.15, 0.2) is 0 Å². The molecule has 0 radical (unpaired) electrons. The first kappa shape index (κ1) is 15.1. The second-order valence-electron chi connectivity index (χ2n) is 4.66. The predicted molar refractivity (Wildman–Crippen MR) is 88.0 cm³/mol. The predicted octanol–water partition coefficient (Wildman–Crippen LogP) is 4.71. The highest BCUT2D eigenvalue weighted by molar-refractivity contribution is 7.99. The number of ether oxygens (including phenoxy) is 1. The molecule has 0 spiro atoms. The third-order valence-corrected chi connectivity index (χ3v) is 4.36. The van der Waals surface area contributed by atoms with E-state index in [0.717, 1.165) is 32.7 Å². The van der Waals surface area contributed by atoms with Crippen molar-refractivity contribution in [3.8, 4) is 5.75 Å². The Morgan fingerprint density at radius 2 is 1.95 bits per heavy atom. The first-order chi connectivity index (χ1) is 9.56. The van der Waals surface area contributed by atoms with Crippen LogP contribution in [0.1, 0.15) is 11.1 Å². The highest BCUT2D eigenvalue weighted by Gasteiger charge is 2.03. The van der Waals surface area contributed by atoms with Crippen LogP contribution in [-0.4, -0.2) is 12.4 Å². The smallest absolute Gasteiger partial charge is 0.122 e. The summed E-state index contributed by atoms with van der Waals surface area (Å²) in [6.07, 6.45) is 0. The van der Waals surface area contributed by atoms with Gasteiger partial charge >= 0.3 is 0 Å². The lowest BCUT2D eigenvalue weighted by Crippen LogP contribution is -2.01. The molecule has 0 unspecified atom stereocenters. The van der Waals surface area contributed by atoms with Crippen molar-refractivity contribution in [1.29, 1.82) is 0 Å². The molecule has 20 heavy (non-hydrogen) atoms. The largest absolute Gasteiger partial charge is 0.492 e. The van der Waals surface area contributed by atoms with E-state index in [9.17, 15) is 0 Å². The van der Waals surface area contributed by atoms with E-state index in [0.29, 0.717) is 6.61 Å². The van der Waals surface area contributed by atoms with E-state index in [2.05, 4.69) is 32.0 Å². The SMILES string of the molecule is Cc1ccc(C)c(OCCSc2cc(N)ccc2Cl)c1. The average Bonchev–Trinajstić information content (AvgIpc) is 2.42. The molecule has 0 fully saturated rings. The van der Waals surface area contributed by atoms with Gasteiger partial charge in [-0.3, -0.25) is 0 Å². The lowest BCUT2D eigenvalue weighted by molar-refractivity contribution is 0.341. The minimum Gasteiger partial charge on any atom is -0.492 e. The van der Waals surface area contributed by atoms with Crippen LogP contribution in [0.5, 0.6) is 5.75 Å². The number of rotatable bonds is 5. The number of anilines is 1. The Balaban J connectivity index is 1.87. The van der Waals surface area contributed by atoms with Crippen molar-refractivity contribution in [1.82, 2.24) is 0 Å². The number of nitrogen functional groups attached to an aromatic ring is 1. The molecule has 4 heteroatoms. The Morgan fingerprint density at radius 1 is 1.15 bits per heavy atom. The molecular formula is C16H18ClNOS. The molecule has 2 aromatic rings. The number of thioether (sulfide) groups is 1. The number of halogens is 1. The zero-order chi connectivity index (χ0) is 14.5. The van der Waals surface area contributed by atoms with Crippen LogP contribution in [0.2, 0.25) is 5.02 Å². The number of hydrogen-bond acceptors (Lipinski definition) is 3. The van der Waals surface area contributed by atoms with Gasteiger partial charge < -0.3 is 10.5 Å². The fourth-order valence-electron chi connectivity index (χ4n) is 1.80. The van der Waals surface area contributed by atoms with E-state index in [1.807, 2.05) is 12.1 Å². The maximum atomic E-state index is 6.12. The van der Waals surface area contributed by atoms with Crippen molar-refractivity contribution in [2.45, 2.75) is 18.7 Å². The molecule has 0 aliphatic rings. The Labute approximate surface area is 129 Å². The van der Waals surface area contributed by atoms with Gasteiger partial charge in [-0.1, -0.05) is 23.7 Å². The monoisotopic (exact) mass is 307 g/mol. The Morgan fingerprint density at radius 3 is 2.75 bits per heavy atom. The van der Waals surface area contributed by atoms with Gasteiger partial charge in [-0.2, -0.15) is 0 Å². The van der Waals surface area contributed by atoms with E-state index in [1.165, 1.54) is 5.56 Å². The van der Waals surface area contributed by atoms with Gasteiger partial charge in [0, 0.05) is 16.3 Å². The van der Waals surface area contributed by atoms with Gasteiger partial charge in [0.05, 0.1) is 11.6 Å². The summed E-state index contributed by atoms with van der Waals surface area (Å²) in [6, 6.07) is 11.7. The van der Waals surface area contributed by atoms with Crippen molar-refractivity contribution >= 4 is 29.1 Å². The van der Waals surface area contributed by atoms with Crippen molar-refractivity contribution in [3.63, 3.8) is 0 Å². The highest BCUT2D eigenvalue weighted by atomic mass is 35.5. The molecule has 106 valence electrons. The van der Waals surface area contributed by atoms with Crippen LogP contribution in [0, 0.1) is 13.8 Å². The van der Waals surface area contributed by atoms with E-state index in [-0.39, 0.29) is 0 Å². The Bertz CT molecular complexity index is 548. The molecular weight excluding hydrogens is 290 g/mol. The summed E-state index contributed by atoms with van der Waals surface area (Å²) in [6.45, 7) is 4.75. The molecule has 0 amide bonds. The quantitative estimate of drug-likeness (QED) is 0.493. The minimum atomic E-state index is 0.639. The number of nitrogens with two attached hydrogens (primary N) is 1. The molecule has 2 aromatic carbocycles. The molecule has 0 aromatic heterocycles. The first-order valence-electron chi connectivity index (χ1n) is 6.44. The van der Waals surface area contributed by atoms with Gasteiger partial charge in [0.2, 0.25) is 0 Å². The lowest BCUT2D eigenvalue weighted by Gasteiger charge is -2.10. The molecule has 2 nitrogen and oxygen atoms in total. The number of benzene rings is 2. The molecule has 0 aliphatic carbocycles. The molecule has 0 atom stereocenters. The Kier molecular flexibility index (Phi) is 5.21. The van der Waals surface area contributed by atoms with Crippen LogP contribution in [0.3, 0.4) is 0 Å². The summed E-state index contributed by atoms with van der Waals surface area (Å²) in [5, 5.41) is 0.732. The zero-order valence-electron chi connectivity index (χ0n) is 11.7. The van der Waals surface area contributed by atoms with Crippen LogP contribution >= 0.6 is 23.4 Å². The van der Waals surface area contributed by atoms with Crippen LogP contribution in [0.4, 0.5) is 5.69 Å². The number of aryl methyl sites for hydroxylation is 2.